The monoisotopic (exact) mass is 297 g/mol. The topological polar surface area (TPSA) is 12.9 Å². The van der Waals surface area contributed by atoms with Gasteiger partial charge >= 0.3 is 0 Å². The van der Waals surface area contributed by atoms with Crippen LogP contribution in [0.2, 0.25) is 0 Å². The zero-order valence-electron chi connectivity index (χ0n) is 10.0. The Kier molecular flexibility index (Phi) is 2.88. The predicted molar refractivity (Wildman–Crippen MR) is 79.6 cm³/mol. The number of fused-ring (bicyclic) bond motifs is 1. The lowest BCUT2D eigenvalue weighted by Gasteiger charge is -2.10. The molecule has 0 aliphatic carbocycles. The molecule has 88 valence electrons. The molecule has 3 aromatic rings. The molecule has 0 saturated heterocycles. The molecule has 0 fully saturated rings. The van der Waals surface area contributed by atoms with Gasteiger partial charge in [0.1, 0.15) is 0 Å². The number of hydrogen-bond donors (Lipinski definition) is 0. The van der Waals surface area contributed by atoms with Gasteiger partial charge in [-0.3, -0.25) is 4.98 Å². The van der Waals surface area contributed by atoms with Gasteiger partial charge in [0, 0.05) is 16.2 Å². The lowest BCUT2D eigenvalue weighted by molar-refractivity contribution is 1.27. The summed E-state index contributed by atoms with van der Waals surface area (Å²) >= 11 is 3.65. The van der Waals surface area contributed by atoms with E-state index in [2.05, 4.69) is 70.3 Å². The number of benzene rings is 2. The van der Waals surface area contributed by atoms with Crippen LogP contribution in [-0.2, 0) is 0 Å². The van der Waals surface area contributed by atoms with Crippen molar-refractivity contribution >= 4 is 26.7 Å². The van der Waals surface area contributed by atoms with Crippen LogP contribution in [0.4, 0.5) is 0 Å². The highest BCUT2D eigenvalue weighted by molar-refractivity contribution is 9.10. The Morgan fingerprint density at radius 3 is 2.61 bits per heavy atom. The average Bonchev–Trinajstić information content (AvgIpc) is 2.40. The molecule has 0 unspecified atom stereocenters. The summed E-state index contributed by atoms with van der Waals surface area (Å²) in [4.78, 5) is 4.53. The van der Waals surface area contributed by atoms with Crippen molar-refractivity contribution in [3.05, 3.63) is 64.8 Å². The fourth-order valence-electron chi connectivity index (χ4n) is 2.23. The first-order valence-corrected chi connectivity index (χ1v) is 6.66. The summed E-state index contributed by atoms with van der Waals surface area (Å²) in [7, 11) is 0. The zero-order valence-corrected chi connectivity index (χ0v) is 11.6. The molecule has 2 heteroatoms. The summed E-state index contributed by atoms with van der Waals surface area (Å²) < 4.78 is 1.09. The number of rotatable bonds is 1. The van der Waals surface area contributed by atoms with Crippen molar-refractivity contribution in [2.45, 2.75) is 6.92 Å². The van der Waals surface area contributed by atoms with E-state index in [1.807, 2.05) is 12.3 Å². The van der Waals surface area contributed by atoms with E-state index in [4.69, 9.17) is 0 Å². The summed E-state index contributed by atoms with van der Waals surface area (Å²) in [5.74, 6) is 0. The van der Waals surface area contributed by atoms with Crippen LogP contribution in [0.5, 0.6) is 0 Å². The summed E-state index contributed by atoms with van der Waals surface area (Å²) in [5.41, 5.74) is 3.40. The quantitative estimate of drug-likeness (QED) is 0.618. The number of hydrogen-bond acceptors (Lipinski definition) is 1. The van der Waals surface area contributed by atoms with E-state index < -0.39 is 0 Å². The summed E-state index contributed by atoms with van der Waals surface area (Å²) in [5, 5.41) is 2.47. The third kappa shape index (κ3) is 1.83. The molecule has 0 amide bonds. The van der Waals surface area contributed by atoms with Crippen LogP contribution in [0.3, 0.4) is 0 Å². The highest BCUT2D eigenvalue weighted by Crippen LogP contribution is 2.35. The number of halogens is 1. The Hall–Kier alpha value is -1.67. The Balaban J connectivity index is 2.42. The van der Waals surface area contributed by atoms with Crippen molar-refractivity contribution < 1.29 is 0 Å². The molecule has 0 radical (unpaired) electrons. The fourth-order valence-corrected chi connectivity index (χ4v) is 2.77. The van der Waals surface area contributed by atoms with E-state index in [1.165, 1.54) is 21.9 Å². The lowest BCUT2D eigenvalue weighted by atomic mass is 9.99. The van der Waals surface area contributed by atoms with E-state index in [9.17, 15) is 0 Å². The molecule has 0 spiro atoms. The number of aryl methyl sites for hydroxylation is 1. The maximum atomic E-state index is 4.53. The summed E-state index contributed by atoms with van der Waals surface area (Å²) in [6.45, 7) is 2.09. The second kappa shape index (κ2) is 4.54. The Morgan fingerprint density at radius 2 is 1.78 bits per heavy atom. The minimum absolute atomic E-state index is 1.04. The van der Waals surface area contributed by atoms with Crippen LogP contribution in [-0.4, -0.2) is 4.98 Å². The normalized spacial score (nSPS) is 10.8. The second-order valence-electron chi connectivity index (χ2n) is 4.31. The molecule has 0 atom stereocenters. The van der Waals surface area contributed by atoms with Crippen LogP contribution in [0.15, 0.2) is 59.2 Å². The van der Waals surface area contributed by atoms with Gasteiger partial charge < -0.3 is 0 Å². The molecule has 1 nitrogen and oxygen atoms in total. The standard InChI is InChI=1S/C16H12BrN/c1-11-5-4-10-18-16(11)15-13-7-3-2-6-12(13)8-9-14(15)17/h2-10H,1H3. The first-order valence-electron chi connectivity index (χ1n) is 5.86. The first-order chi connectivity index (χ1) is 8.77. The van der Waals surface area contributed by atoms with E-state index in [1.54, 1.807) is 0 Å². The smallest absolute Gasteiger partial charge is 0.0748 e. The molecule has 2 aromatic carbocycles. The summed E-state index contributed by atoms with van der Waals surface area (Å²) in [6.07, 6.45) is 1.84. The number of pyridine rings is 1. The van der Waals surface area contributed by atoms with Gasteiger partial charge in [-0.2, -0.15) is 0 Å². The van der Waals surface area contributed by atoms with Gasteiger partial charge in [0.25, 0.3) is 0 Å². The highest BCUT2D eigenvalue weighted by Gasteiger charge is 2.11. The van der Waals surface area contributed by atoms with Gasteiger partial charge in [-0.05, 0) is 35.4 Å². The molecule has 1 aromatic heterocycles. The molecule has 0 bridgehead atoms. The third-order valence-corrected chi connectivity index (χ3v) is 3.79. The van der Waals surface area contributed by atoms with E-state index in [0.29, 0.717) is 0 Å². The van der Waals surface area contributed by atoms with Crippen LogP contribution < -0.4 is 0 Å². The van der Waals surface area contributed by atoms with Crippen LogP contribution in [0.1, 0.15) is 5.56 Å². The minimum Gasteiger partial charge on any atom is -0.256 e. The maximum absolute atomic E-state index is 4.53. The minimum atomic E-state index is 1.04. The Labute approximate surface area is 115 Å². The van der Waals surface area contributed by atoms with Gasteiger partial charge in [0.15, 0.2) is 0 Å². The molecular weight excluding hydrogens is 286 g/mol. The van der Waals surface area contributed by atoms with Gasteiger partial charge in [0.2, 0.25) is 0 Å². The molecule has 0 aliphatic rings. The molecule has 3 rings (SSSR count). The van der Waals surface area contributed by atoms with Crippen molar-refractivity contribution in [2.24, 2.45) is 0 Å². The molecule has 0 aliphatic heterocycles. The van der Waals surface area contributed by atoms with Crippen molar-refractivity contribution in [1.82, 2.24) is 4.98 Å². The first kappa shape index (κ1) is 11.4. The van der Waals surface area contributed by atoms with Crippen molar-refractivity contribution in [3.63, 3.8) is 0 Å². The molecule has 18 heavy (non-hydrogen) atoms. The van der Waals surface area contributed by atoms with Crippen LogP contribution in [0.25, 0.3) is 22.0 Å². The van der Waals surface area contributed by atoms with Gasteiger partial charge in [0.05, 0.1) is 5.69 Å². The highest BCUT2D eigenvalue weighted by atomic mass is 79.9. The van der Waals surface area contributed by atoms with Crippen molar-refractivity contribution in [2.75, 3.05) is 0 Å². The zero-order chi connectivity index (χ0) is 12.5. The second-order valence-corrected chi connectivity index (χ2v) is 5.17. The average molecular weight is 298 g/mol. The number of aromatic nitrogens is 1. The van der Waals surface area contributed by atoms with Crippen LogP contribution in [0, 0.1) is 6.92 Å². The van der Waals surface area contributed by atoms with Crippen molar-refractivity contribution in [1.29, 1.82) is 0 Å². The summed E-state index contributed by atoms with van der Waals surface area (Å²) in [6, 6.07) is 16.7. The SMILES string of the molecule is Cc1cccnc1-c1c(Br)ccc2ccccc12. The molecular formula is C16H12BrN. The lowest BCUT2D eigenvalue weighted by Crippen LogP contribution is -1.90. The van der Waals surface area contributed by atoms with E-state index in [0.717, 1.165) is 10.2 Å². The van der Waals surface area contributed by atoms with E-state index in [-0.39, 0.29) is 0 Å². The third-order valence-electron chi connectivity index (χ3n) is 3.12. The van der Waals surface area contributed by atoms with Gasteiger partial charge in [-0.1, -0.05) is 52.3 Å². The fraction of sp³-hybridized carbons (Fsp3) is 0.0625. The van der Waals surface area contributed by atoms with E-state index >= 15 is 0 Å². The molecule has 0 N–H and O–H groups in total. The van der Waals surface area contributed by atoms with Gasteiger partial charge in [-0.25, -0.2) is 0 Å². The van der Waals surface area contributed by atoms with Gasteiger partial charge in [-0.15, -0.1) is 0 Å². The van der Waals surface area contributed by atoms with Crippen molar-refractivity contribution in [3.8, 4) is 11.3 Å². The molecule has 1 heterocycles. The largest absolute Gasteiger partial charge is 0.256 e. The Morgan fingerprint density at radius 1 is 0.944 bits per heavy atom. The Bertz CT molecular complexity index is 719. The van der Waals surface area contributed by atoms with Crippen LogP contribution >= 0.6 is 15.9 Å². The molecule has 0 saturated carbocycles. The number of nitrogens with zero attached hydrogens (tertiary/aromatic N) is 1. The maximum Gasteiger partial charge on any atom is 0.0748 e. The predicted octanol–water partition coefficient (Wildman–Crippen LogP) is 4.97.